The molecule has 0 N–H and O–H groups in total. The van der Waals surface area contributed by atoms with Crippen molar-refractivity contribution in [2.75, 3.05) is 22.9 Å². The second-order valence-electron chi connectivity index (χ2n) is 6.86. The van der Waals surface area contributed by atoms with Gasteiger partial charge in [0.2, 0.25) is 5.95 Å². The first-order chi connectivity index (χ1) is 11.2. The van der Waals surface area contributed by atoms with Gasteiger partial charge in [0.15, 0.2) is 5.82 Å². The van der Waals surface area contributed by atoms with Gasteiger partial charge in [-0.15, -0.1) is 5.10 Å². The van der Waals surface area contributed by atoms with Gasteiger partial charge in [0, 0.05) is 24.8 Å². The molecule has 4 rings (SSSR count). The first-order valence-corrected chi connectivity index (χ1v) is 8.54. The van der Waals surface area contributed by atoms with Crippen molar-refractivity contribution in [3.63, 3.8) is 0 Å². The lowest BCUT2D eigenvalue weighted by Gasteiger charge is -2.31. The zero-order chi connectivity index (χ0) is 15.8. The van der Waals surface area contributed by atoms with Gasteiger partial charge in [-0.1, -0.05) is 25.1 Å². The molecule has 2 aliphatic rings. The monoisotopic (exact) mass is 309 g/mol. The fraction of sp³-hybridized carbons (Fsp3) is 0.500. The third kappa shape index (κ3) is 2.64. The summed E-state index contributed by atoms with van der Waals surface area (Å²) in [6.07, 6.45) is 5.34. The van der Waals surface area contributed by atoms with Crippen molar-refractivity contribution in [3.8, 4) is 0 Å². The number of aromatic nitrogens is 3. The van der Waals surface area contributed by atoms with Gasteiger partial charge >= 0.3 is 0 Å². The van der Waals surface area contributed by atoms with E-state index >= 15 is 0 Å². The molecule has 5 heteroatoms. The molecule has 1 aromatic heterocycles. The molecule has 1 fully saturated rings. The number of anilines is 3. The maximum Gasteiger partial charge on any atom is 0.247 e. The summed E-state index contributed by atoms with van der Waals surface area (Å²) in [5.41, 5.74) is 2.63. The van der Waals surface area contributed by atoms with Crippen LogP contribution in [0.4, 0.5) is 17.5 Å². The summed E-state index contributed by atoms with van der Waals surface area (Å²) in [5.74, 6) is 2.37. The van der Waals surface area contributed by atoms with Gasteiger partial charge in [-0.2, -0.15) is 10.1 Å². The van der Waals surface area contributed by atoms with Crippen LogP contribution in [0.15, 0.2) is 30.5 Å². The first kappa shape index (κ1) is 14.4. The molecule has 23 heavy (non-hydrogen) atoms. The Hall–Kier alpha value is -2.17. The fourth-order valence-electron chi connectivity index (χ4n) is 3.82. The number of rotatable bonds is 2. The number of fused-ring (bicyclic) bond motifs is 1. The molecule has 0 radical (unpaired) electrons. The van der Waals surface area contributed by atoms with E-state index in [0.717, 1.165) is 31.3 Å². The van der Waals surface area contributed by atoms with Crippen molar-refractivity contribution in [2.45, 2.75) is 39.2 Å². The SMILES string of the molecule is CC1CCCN(c2nncc(N3c4ccccc4CC3C)n2)C1. The summed E-state index contributed by atoms with van der Waals surface area (Å²) in [7, 11) is 0. The molecule has 0 saturated carbocycles. The first-order valence-electron chi connectivity index (χ1n) is 8.54. The Morgan fingerprint density at radius 1 is 1.17 bits per heavy atom. The van der Waals surface area contributed by atoms with Crippen LogP contribution in [0.25, 0.3) is 0 Å². The van der Waals surface area contributed by atoms with E-state index in [2.05, 4.69) is 58.1 Å². The molecule has 3 heterocycles. The van der Waals surface area contributed by atoms with Crippen LogP contribution in [0.1, 0.15) is 32.3 Å². The molecular weight excluding hydrogens is 286 g/mol. The van der Waals surface area contributed by atoms with Gasteiger partial charge in [-0.25, -0.2) is 0 Å². The Bertz CT molecular complexity index is 701. The number of piperidine rings is 1. The minimum Gasteiger partial charge on any atom is -0.339 e. The molecule has 5 nitrogen and oxygen atoms in total. The summed E-state index contributed by atoms with van der Waals surface area (Å²) in [5, 5.41) is 8.53. The highest BCUT2D eigenvalue weighted by molar-refractivity contribution is 5.68. The van der Waals surface area contributed by atoms with Crippen LogP contribution in [0.5, 0.6) is 0 Å². The summed E-state index contributed by atoms with van der Waals surface area (Å²) in [4.78, 5) is 9.41. The molecule has 0 bridgehead atoms. The molecule has 2 aliphatic heterocycles. The van der Waals surface area contributed by atoms with Crippen LogP contribution >= 0.6 is 0 Å². The van der Waals surface area contributed by atoms with Crippen LogP contribution in [-0.2, 0) is 6.42 Å². The quantitative estimate of drug-likeness (QED) is 0.852. The minimum absolute atomic E-state index is 0.400. The van der Waals surface area contributed by atoms with Crippen LogP contribution in [0, 0.1) is 5.92 Å². The second kappa shape index (κ2) is 5.80. The molecular formula is C18H23N5. The molecule has 2 aromatic rings. The smallest absolute Gasteiger partial charge is 0.247 e. The van der Waals surface area contributed by atoms with Crippen molar-refractivity contribution in [3.05, 3.63) is 36.0 Å². The summed E-state index contributed by atoms with van der Waals surface area (Å²) < 4.78 is 0. The van der Waals surface area contributed by atoms with E-state index in [-0.39, 0.29) is 0 Å². The standard InChI is InChI=1S/C18H23N5/c1-13-6-5-9-22(12-13)18-20-17(11-19-21-18)23-14(2)10-15-7-3-4-8-16(15)23/h3-4,7-8,11,13-14H,5-6,9-10,12H2,1-2H3. The topological polar surface area (TPSA) is 45.2 Å². The number of hydrogen-bond donors (Lipinski definition) is 0. The highest BCUT2D eigenvalue weighted by Crippen LogP contribution is 2.37. The van der Waals surface area contributed by atoms with E-state index in [1.165, 1.54) is 24.1 Å². The van der Waals surface area contributed by atoms with Crippen molar-refractivity contribution in [2.24, 2.45) is 5.92 Å². The summed E-state index contributed by atoms with van der Waals surface area (Å²) in [6, 6.07) is 8.97. The molecule has 0 amide bonds. The molecule has 2 atom stereocenters. The highest BCUT2D eigenvalue weighted by atomic mass is 15.4. The zero-order valence-corrected chi connectivity index (χ0v) is 13.8. The zero-order valence-electron chi connectivity index (χ0n) is 13.8. The molecule has 120 valence electrons. The van der Waals surface area contributed by atoms with E-state index in [4.69, 9.17) is 4.98 Å². The largest absolute Gasteiger partial charge is 0.339 e. The molecule has 2 unspecified atom stereocenters. The number of hydrogen-bond acceptors (Lipinski definition) is 5. The second-order valence-corrected chi connectivity index (χ2v) is 6.86. The predicted octanol–water partition coefficient (Wildman–Crippen LogP) is 3.19. The fourth-order valence-corrected chi connectivity index (χ4v) is 3.82. The molecule has 0 aliphatic carbocycles. The molecule has 1 saturated heterocycles. The Morgan fingerprint density at radius 3 is 2.91 bits per heavy atom. The van der Waals surface area contributed by atoms with Gasteiger partial charge in [-0.3, -0.25) is 0 Å². The highest BCUT2D eigenvalue weighted by Gasteiger charge is 2.29. The van der Waals surface area contributed by atoms with E-state index in [1.54, 1.807) is 6.20 Å². The van der Waals surface area contributed by atoms with Crippen LogP contribution in [-0.4, -0.2) is 34.3 Å². The van der Waals surface area contributed by atoms with Gasteiger partial charge < -0.3 is 9.80 Å². The van der Waals surface area contributed by atoms with Crippen molar-refractivity contribution in [1.29, 1.82) is 0 Å². The van der Waals surface area contributed by atoms with E-state index in [1.807, 2.05) is 0 Å². The lowest BCUT2D eigenvalue weighted by molar-refractivity contribution is 0.441. The van der Waals surface area contributed by atoms with Crippen LogP contribution in [0.3, 0.4) is 0 Å². The summed E-state index contributed by atoms with van der Waals surface area (Å²) in [6.45, 7) is 6.59. The Kier molecular flexibility index (Phi) is 3.63. The molecule has 1 aromatic carbocycles. The maximum absolute atomic E-state index is 4.84. The Morgan fingerprint density at radius 2 is 2.04 bits per heavy atom. The third-order valence-electron chi connectivity index (χ3n) is 4.93. The van der Waals surface area contributed by atoms with E-state index < -0.39 is 0 Å². The van der Waals surface area contributed by atoms with E-state index in [0.29, 0.717) is 12.0 Å². The normalized spacial score (nSPS) is 23.9. The lowest BCUT2D eigenvalue weighted by atomic mass is 10.0. The maximum atomic E-state index is 4.84. The van der Waals surface area contributed by atoms with Gasteiger partial charge in [0.25, 0.3) is 0 Å². The Balaban J connectivity index is 1.66. The average Bonchev–Trinajstić information content (AvgIpc) is 2.91. The lowest BCUT2D eigenvalue weighted by Crippen LogP contribution is -2.36. The third-order valence-corrected chi connectivity index (χ3v) is 4.93. The molecule has 0 spiro atoms. The van der Waals surface area contributed by atoms with Gasteiger partial charge in [0.1, 0.15) is 0 Å². The van der Waals surface area contributed by atoms with Crippen LogP contribution < -0.4 is 9.80 Å². The van der Waals surface area contributed by atoms with Gasteiger partial charge in [-0.05, 0) is 43.7 Å². The van der Waals surface area contributed by atoms with Crippen molar-refractivity contribution >= 4 is 17.5 Å². The van der Waals surface area contributed by atoms with Crippen molar-refractivity contribution in [1.82, 2.24) is 15.2 Å². The predicted molar refractivity (Wildman–Crippen MR) is 92.2 cm³/mol. The number of para-hydroxylation sites is 1. The number of nitrogens with zero attached hydrogens (tertiary/aromatic N) is 5. The van der Waals surface area contributed by atoms with E-state index in [9.17, 15) is 0 Å². The minimum atomic E-state index is 0.400. The van der Waals surface area contributed by atoms with Gasteiger partial charge in [0.05, 0.1) is 6.20 Å². The summed E-state index contributed by atoms with van der Waals surface area (Å²) >= 11 is 0. The average molecular weight is 309 g/mol. The van der Waals surface area contributed by atoms with Crippen LogP contribution in [0.2, 0.25) is 0 Å². The Labute approximate surface area is 137 Å². The number of benzene rings is 1. The van der Waals surface area contributed by atoms with Crippen molar-refractivity contribution < 1.29 is 0 Å².